The summed E-state index contributed by atoms with van der Waals surface area (Å²) in [5.41, 5.74) is 3.91. The van der Waals surface area contributed by atoms with Crippen LogP contribution in [0.2, 0.25) is 5.02 Å². The first-order chi connectivity index (χ1) is 12.1. The Bertz CT molecular complexity index is 931. The minimum atomic E-state index is -0.130. The zero-order chi connectivity index (χ0) is 17.4. The molecule has 2 heterocycles. The van der Waals surface area contributed by atoms with E-state index in [2.05, 4.69) is 16.8 Å². The summed E-state index contributed by atoms with van der Waals surface area (Å²) in [6, 6.07) is 19.5. The minimum Gasteiger partial charge on any atom is -0.348 e. The van der Waals surface area contributed by atoms with Gasteiger partial charge in [0.25, 0.3) is 5.91 Å². The predicted octanol–water partition coefficient (Wildman–Crippen LogP) is 4.70. The van der Waals surface area contributed by atoms with Crippen LogP contribution in [0.1, 0.15) is 33.2 Å². The van der Waals surface area contributed by atoms with Crippen molar-refractivity contribution < 1.29 is 4.79 Å². The van der Waals surface area contributed by atoms with E-state index in [0.717, 1.165) is 28.9 Å². The highest BCUT2D eigenvalue weighted by Crippen LogP contribution is 2.34. The summed E-state index contributed by atoms with van der Waals surface area (Å²) in [6.45, 7) is 3.46. The van der Waals surface area contributed by atoms with Crippen molar-refractivity contribution in [1.82, 2.24) is 9.47 Å². The van der Waals surface area contributed by atoms with Gasteiger partial charge in [-0.25, -0.2) is 0 Å². The normalized spacial score (nSPS) is 16.6. The standard InChI is InChI=1S/C21H19ClN2O/c1-15-6-2-3-9-18(15)21(25)24-13-12-23-11-5-10-19(23)20(24)16-7-4-8-17(22)14-16/h2-11,14,20H,12-13H2,1H3/t20-/m0/s1. The van der Waals surface area contributed by atoms with Crippen molar-refractivity contribution in [2.45, 2.75) is 19.5 Å². The van der Waals surface area contributed by atoms with Crippen LogP contribution in [0.5, 0.6) is 0 Å². The molecule has 1 aliphatic rings. The van der Waals surface area contributed by atoms with E-state index in [4.69, 9.17) is 11.6 Å². The molecule has 0 fully saturated rings. The molecule has 1 amide bonds. The average Bonchev–Trinajstić information content (AvgIpc) is 3.09. The first-order valence-electron chi connectivity index (χ1n) is 8.42. The molecule has 0 aliphatic carbocycles. The monoisotopic (exact) mass is 350 g/mol. The van der Waals surface area contributed by atoms with Gasteiger partial charge in [0.15, 0.2) is 0 Å². The second-order valence-electron chi connectivity index (χ2n) is 6.40. The second-order valence-corrected chi connectivity index (χ2v) is 6.83. The molecule has 0 unspecified atom stereocenters. The van der Waals surface area contributed by atoms with Gasteiger partial charge in [0.2, 0.25) is 0 Å². The molecule has 126 valence electrons. The first-order valence-corrected chi connectivity index (χ1v) is 8.80. The number of hydrogen-bond donors (Lipinski definition) is 0. The van der Waals surface area contributed by atoms with Crippen molar-refractivity contribution in [3.05, 3.63) is 94.3 Å². The Morgan fingerprint density at radius 3 is 2.68 bits per heavy atom. The Labute approximate surface area is 152 Å². The maximum absolute atomic E-state index is 13.3. The molecule has 3 aromatic rings. The summed E-state index contributed by atoms with van der Waals surface area (Å²) in [7, 11) is 0. The SMILES string of the molecule is Cc1ccccc1C(=O)N1CCn2cccc2[C@@H]1c1cccc(Cl)c1. The lowest BCUT2D eigenvalue weighted by Gasteiger charge is -2.37. The predicted molar refractivity (Wildman–Crippen MR) is 99.9 cm³/mol. The van der Waals surface area contributed by atoms with Gasteiger partial charge in [-0.3, -0.25) is 4.79 Å². The molecule has 0 saturated carbocycles. The largest absolute Gasteiger partial charge is 0.348 e. The van der Waals surface area contributed by atoms with Crippen LogP contribution in [0, 0.1) is 6.92 Å². The maximum Gasteiger partial charge on any atom is 0.255 e. The van der Waals surface area contributed by atoms with Gasteiger partial charge in [-0.1, -0.05) is 41.9 Å². The molecule has 1 aliphatic heterocycles. The van der Waals surface area contributed by atoms with Crippen LogP contribution in [0.3, 0.4) is 0 Å². The molecule has 0 bridgehead atoms. The number of carbonyl (C=O) groups is 1. The Kier molecular flexibility index (Phi) is 4.10. The molecular weight excluding hydrogens is 332 g/mol. The van der Waals surface area contributed by atoms with Crippen molar-refractivity contribution in [2.75, 3.05) is 6.54 Å². The molecule has 4 heteroatoms. The number of benzene rings is 2. The molecule has 0 radical (unpaired) electrons. The summed E-state index contributed by atoms with van der Waals surface area (Å²) in [5.74, 6) is 0.0653. The van der Waals surface area contributed by atoms with Crippen LogP contribution in [0.15, 0.2) is 66.9 Å². The van der Waals surface area contributed by atoms with Gasteiger partial charge in [-0.2, -0.15) is 0 Å². The Balaban J connectivity index is 1.81. The van der Waals surface area contributed by atoms with Gasteiger partial charge < -0.3 is 9.47 Å². The zero-order valence-electron chi connectivity index (χ0n) is 14.0. The van der Waals surface area contributed by atoms with Gasteiger partial charge in [0.05, 0.1) is 6.04 Å². The highest BCUT2D eigenvalue weighted by molar-refractivity contribution is 6.30. The quantitative estimate of drug-likeness (QED) is 0.658. The molecule has 3 nitrogen and oxygen atoms in total. The summed E-state index contributed by atoms with van der Waals surface area (Å²) in [4.78, 5) is 15.3. The van der Waals surface area contributed by atoms with Crippen LogP contribution < -0.4 is 0 Å². The van der Waals surface area contributed by atoms with Gasteiger partial charge in [-0.15, -0.1) is 0 Å². The molecule has 0 spiro atoms. The Morgan fingerprint density at radius 2 is 1.88 bits per heavy atom. The lowest BCUT2D eigenvalue weighted by molar-refractivity contribution is 0.0663. The van der Waals surface area contributed by atoms with Crippen molar-refractivity contribution in [3.8, 4) is 0 Å². The van der Waals surface area contributed by atoms with Gasteiger partial charge in [-0.05, 0) is 48.4 Å². The number of hydrogen-bond acceptors (Lipinski definition) is 1. The third-order valence-corrected chi connectivity index (χ3v) is 5.07. The van der Waals surface area contributed by atoms with E-state index < -0.39 is 0 Å². The van der Waals surface area contributed by atoms with E-state index >= 15 is 0 Å². The smallest absolute Gasteiger partial charge is 0.255 e. The van der Waals surface area contributed by atoms with E-state index in [1.54, 1.807) is 0 Å². The van der Waals surface area contributed by atoms with Crippen LogP contribution in [-0.4, -0.2) is 21.9 Å². The third kappa shape index (κ3) is 2.85. The molecule has 1 atom stereocenters. The van der Waals surface area contributed by atoms with Crippen LogP contribution in [-0.2, 0) is 6.54 Å². The highest BCUT2D eigenvalue weighted by atomic mass is 35.5. The highest BCUT2D eigenvalue weighted by Gasteiger charge is 2.33. The molecule has 0 saturated heterocycles. The number of fused-ring (bicyclic) bond motifs is 1. The molecule has 1 aromatic heterocycles. The van der Waals surface area contributed by atoms with Crippen LogP contribution in [0.25, 0.3) is 0 Å². The fourth-order valence-corrected chi connectivity index (χ4v) is 3.80. The van der Waals surface area contributed by atoms with E-state index in [9.17, 15) is 4.79 Å². The van der Waals surface area contributed by atoms with Gasteiger partial charge in [0.1, 0.15) is 0 Å². The van der Waals surface area contributed by atoms with Crippen molar-refractivity contribution in [1.29, 1.82) is 0 Å². The van der Waals surface area contributed by atoms with E-state index in [1.807, 2.05) is 66.4 Å². The third-order valence-electron chi connectivity index (χ3n) is 4.84. The van der Waals surface area contributed by atoms with Gasteiger partial charge in [0, 0.05) is 35.6 Å². The molecule has 4 rings (SSSR count). The second kappa shape index (κ2) is 6.41. The van der Waals surface area contributed by atoms with Crippen molar-refractivity contribution in [3.63, 3.8) is 0 Å². The van der Waals surface area contributed by atoms with E-state index in [-0.39, 0.29) is 11.9 Å². The number of aryl methyl sites for hydroxylation is 1. The summed E-state index contributed by atoms with van der Waals surface area (Å²) < 4.78 is 2.22. The fourth-order valence-electron chi connectivity index (χ4n) is 3.60. The first kappa shape index (κ1) is 16.0. The lowest BCUT2D eigenvalue weighted by atomic mass is 9.98. The maximum atomic E-state index is 13.3. The molecule has 25 heavy (non-hydrogen) atoms. The Morgan fingerprint density at radius 1 is 1.04 bits per heavy atom. The van der Waals surface area contributed by atoms with Crippen LogP contribution in [0.4, 0.5) is 0 Å². The lowest BCUT2D eigenvalue weighted by Crippen LogP contribution is -2.42. The van der Waals surface area contributed by atoms with E-state index in [1.165, 1.54) is 0 Å². The Hall–Kier alpha value is -2.52. The molecule has 2 aromatic carbocycles. The number of aromatic nitrogens is 1. The average molecular weight is 351 g/mol. The van der Waals surface area contributed by atoms with E-state index in [0.29, 0.717) is 11.6 Å². The number of rotatable bonds is 2. The topological polar surface area (TPSA) is 25.2 Å². The molecular formula is C21H19ClN2O. The van der Waals surface area contributed by atoms with Crippen molar-refractivity contribution in [2.24, 2.45) is 0 Å². The number of halogens is 1. The summed E-state index contributed by atoms with van der Waals surface area (Å²) >= 11 is 6.22. The zero-order valence-corrected chi connectivity index (χ0v) is 14.8. The van der Waals surface area contributed by atoms with Crippen LogP contribution >= 0.6 is 11.6 Å². The minimum absolute atomic E-state index is 0.0653. The fraction of sp³-hybridized carbons (Fsp3) is 0.190. The summed E-state index contributed by atoms with van der Waals surface area (Å²) in [5, 5.41) is 0.685. The van der Waals surface area contributed by atoms with Crippen molar-refractivity contribution >= 4 is 17.5 Å². The number of carbonyl (C=O) groups excluding carboxylic acids is 1. The number of amides is 1. The number of nitrogens with zero attached hydrogens (tertiary/aromatic N) is 2. The van der Waals surface area contributed by atoms with Gasteiger partial charge >= 0.3 is 0 Å². The molecule has 0 N–H and O–H groups in total. The summed E-state index contributed by atoms with van der Waals surface area (Å²) in [6.07, 6.45) is 2.07.